The Bertz CT molecular complexity index is 329. The van der Waals surface area contributed by atoms with Crippen LogP contribution < -0.4 is 5.73 Å². The zero-order valence-electron chi connectivity index (χ0n) is 11.6. The van der Waals surface area contributed by atoms with Crippen molar-refractivity contribution in [3.63, 3.8) is 0 Å². The summed E-state index contributed by atoms with van der Waals surface area (Å²) >= 11 is 0. The van der Waals surface area contributed by atoms with Crippen molar-refractivity contribution in [2.24, 2.45) is 5.73 Å². The summed E-state index contributed by atoms with van der Waals surface area (Å²) in [4.78, 5) is 22.3. The second kappa shape index (κ2) is 6.98. The zero-order valence-corrected chi connectivity index (χ0v) is 11.6. The van der Waals surface area contributed by atoms with E-state index in [0.29, 0.717) is 25.9 Å². The predicted octanol–water partition coefficient (Wildman–Crippen LogP) is 1.07. The Morgan fingerprint density at radius 3 is 2.58 bits per heavy atom. The number of rotatable bonds is 8. The second-order valence-electron chi connectivity index (χ2n) is 5.33. The maximum absolute atomic E-state index is 11.8. The molecule has 0 unspecified atom stereocenters. The molecule has 0 amide bonds. The molecule has 3 N–H and O–H groups in total. The van der Waals surface area contributed by atoms with Crippen LogP contribution in [-0.4, -0.2) is 41.4 Å². The fourth-order valence-electron chi connectivity index (χ4n) is 1.97. The predicted molar refractivity (Wildman–Crippen MR) is 68.6 cm³/mol. The quantitative estimate of drug-likeness (QED) is 0.642. The fraction of sp³-hybridized carbons (Fsp3) is 0.846. The van der Waals surface area contributed by atoms with Crippen LogP contribution in [-0.2, 0) is 19.1 Å². The van der Waals surface area contributed by atoms with E-state index in [1.807, 2.05) is 0 Å². The Kier molecular flexibility index (Phi) is 5.90. The number of Topliss-reactive ketones (excluding diaryl/α,β-unsaturated/α-hetero) is 1. The monoisotopic (exact) mass is 273 g/mol. The summed E-state index contributed by atoms with van der Waals surface area (Å²) in [7, 11) is 0. The molecule has 1 saturated heterocycles. The van der Waals surface area contributed by atoms with Crippen molar-refractivity contribution in [1.82, 2.24) is 0 Å². The molecule has 0 aromatic rings. The van der Waals surface area contributed by atoms with Gasteiger partial charge in [0, 0.05) is 6.42 Å². The Morgan fingerprint density at radius 1 is 1.37 bits per heavy atom. The molecular formula is C13H23NO5. The van der Waals surface area contributed by atoms with Gasteiger partial charge < -0.3 is 20.3 Å². The molecule has 0 bridgehead atoms. The summed E-state index contributed by atoms with van der Waals surface area (Å²) in [6.45, 7) is 3.89. The van der Waals surface area contributed by atoms with Crippen LogP contribution in [0, 0.1) is 0 Å². The van der Waals surface area contributed by atoms with Crippen molar-refractivity contribution >= 4 is 11.8 Å². The molecule has 0 spiro atoms. The van der Waals surface area contributed by atoms with Gasteiger partial charge in [-0.2, -0.15) is 0 Å². The first-order valence-corrected chi connectivity index (χ1v) is 6.65. The van der Waals surface area contributed by atoms with Crippen molar-refractivity contribution in [1.29, 1.82) is 0 Å². The van der Waals surface area contributed by atoms with E-state index in [0.717, 1.165) is 12.8 Å². The molecule has 19 heavy (non-hydrogen) atoms. The molecule has 6 nitrogen and oxygen atoms in total. The second-order valence-corrected chi connectivity index (χ2v) is 5.33. The summed E-state index contributed by atoms with van der Waals surface area (Å²) in [5.74, 6) is -1.60. The van der Waals surface area contributed by atoms with Gasteiger partial charge in [-0.05, 0) is 26.7 Å². The number of hydrogen-bond donors (Lipinski definition) is 2. The van der Waals surface area contributed by atoms with Gasteiger partial charge in [-0.25, -0.2) is 0 Å². The lowest BCUT2D eigenvalue weighted by Gasteiger charge is -2.16. The number of carboxylic acids is 1. The van der Waals surface area contributed by atoms with Crippen LogP contribution in [0.5, 0.6) is 0 Å². The molecule has 0 aromatic heterocycles. The van der Waals surface area contributed by atoms with Gasteiger partial charge in [0.05, 0.1) is 6.61 Å². The standard InChI is InChI=1S/C13H23NO5/c1-13(2)18-8-11(19-13)10(15)7-5-3-4-6-9(14)12(16)17/h9,11H,3-8,14H2,1-2H3,(H,16,17)/t9-,11+/m0/s1. The number of aliphatic carboxylic acids is 1. The Hall–Kier alpha value is -0.980. The topological polar surface area (TPSA) is 98.9 Å². The minimum Gasteiger partial charge on any atom is -0.480 e. The third-order valence-corrected chi connectivity index (χ3v) is 3.12. The maximum atomic E-state index is 11.8. The van der Waals surface area contributed by atoms with E-state index in [-0.39, 0.29) is 5.78 Å². The van der Waals surface area contributed by atoms with Crippen LogP contribution >= 0.6 is 0 Å². The van der Waals surface area contributed by atoms with Gasteiger partial charge in [-0.15, -0.1) is 0 Å². The Labute approximate surface area is 113 Å². The van der Waals surface area contributed by atoms with Gasteiger partial charge in [-0.1, -0.05) is 12.8 Å². The molecule has 110 valence electrons. The van der Waals surface area contributed by atoms with Crippen LogP contribution in [0.3, 0.4) is 0 Å². The molecule has 0 aliphatic carbocycles. The van der Waals surface area contributed by atoms with Crippen molar-refractivity contribution in [2.75, 3.05) is 6.61 Å². The third-order valence-electron chi connectivity index (χ3n) is 3.12. The highest BCUT2D eigenvalue weighted by molar-refractivity contribution is 5.83. The highest BCUT2D eigenvalue weighted by Gasteiger charge is 2.36. The van der Waals surface area contributed by atoms with Gasteiger partial charge in [0.2, 0.25) is 0 Å². The van der Waals surface area contributed by atoms with E-state index >= 15 is 0 Å². The van der Waals surface area contributed by atoms with E-state index in [9.17, 15) is 9.59 Å². The first kappa shape index (κ1) is 16.1. The van der Waals surface area contributed by atoms with Gasteiger partial charge >= 0.3 is 5.97 Å². The molecule has 0 radical (unpaired) electrons. The van der Waals surface area contributed by atoms with E-state index < -0.39 is 23.9 Å². The number of ketones is 1. The number of unbranched alkanes of at least 4 members (excludes halogenated alkanes) is 2. The van der Waals surface area contributed by atoms with Crippen LogP contribution in [0.15, 0.2) is 0 Å². The van der Waals surface area contributed by atoms with Crippen LogP contribution in [0.1, 0.15) is 46.0 Å². The van der Waals surface area contributed by atoms with Crippen LogP contribution in [0.2, 0.25) is 0 Å². The minimum absolute atomic E-state index is 0.0492. The zero-order chi connectivity index (χ0) is 14.5. The van der Waals surface area contributed by atoms with E-state index in [2.05, 4.69) is 0 Å². The summed E-state index contributed by atoms with van der Waals surface area (Å²) < 4.78 is 10.8. The van der Waals surface area contributed by atoms with E-state index in [1.54, 1.807) is 13.8 Å². The molecule has 1 heterocycles. The maximum Gasteiger partial charge on any atom is 0.320 e. The number of hydrogen-bond acceptors (Lipinski definition) is 5. The molecule has 0 aromatic carbocycles. The van der Waals surface area contributed by atoms with E-state index in [4.69, 9.17) is 20.3 Å². The molecular weight excluding hydrogens is 250 g/mol. The fourth-order valence-corrected chi connectivity index (χ4v) is 1.97. The molecule has 1 fully saturated rings. The highest BCUT2D eigenvalue weighted by Crippen LogP contribution is 2.23. The summed E-state index contributed by atoms with van der Waals surface area (Å²) in [6, 6.07) is -0.803. The number of carbonyl (C=O) groups excluding carboxylic acids is 1. The molecule has 1 aliphatic heterocycles. The van der Waals surface area contributed by atoms with Crippen molar-refractivity contribution < 1.29 is 24.2 Å². The lowest BCUT2D eigenvalue weighted by Crippen LogP contribution is -2.29. The number of nitrogens with two attached hydrogens (primary N) is 1. The number of carbonyl (C=O) groups is 2. The van der Waals surface area contributed by atoms with Crippen LogP contribution in [0.4, 0.5) is 0 Å². The average molecular weight is 273 g/mol. The summed E-state index contributed by atoms with van der Waals surface area (Å²) in [5.41, 5.74) is 5.38. The number of carboxylic acid groups (broad SMARTS) is 1. The van der Waals surface area contributed by atoms with Gasteiger partial charge in [0.1, 0.15) is 12.1 Å². The smallest absolute Gasteiger partial charge is 0.320 e. The molecule has 1 rings (SSSR count). The molecule has 2 atom stereocenters. The molecule has 1 aliphatic rings. The summed E-state index contributed by atoms with van der Waals surface area (Å²) in [5, 5.41) is 8.61. The largest absolute Gasteiger partial charge is 0.480 e. The molecule has 0 saturated carbocycles. The van der Waals surface area contributed by atoms with Crippen molar-refractivity contribution in [3.8, 4) is 0 Å². The summed E-state index contributed by atoms with van der Waals surface area (Å²) in [6.07, 6.45) is 2.66. The first-order valence-electron chi connectivity index (χ1n) is 6.65. The van der Waals surface area contributed by atoms with Gasteiger partial charge in [0.25, 0.3) is 0 Å². The van der Waals surface area contributed by atoms with E-state index in [1.165, 1.54) is 0 Å². The van der Waals surface area contributed by atoms with Gasteiger partial charge in [-0.3, -0.25) is 9.59 Å². The van der Waals surface area contributed by atoms with Gasteiger partial charge in [0.15, 0.2) is 11.6 Å². The minimum atomic E-state index is -0.977. The lowest BCUT2D eigenvalue weighted by atomic mass is 10.0. The van der Waals surface area contributed by atoms with Crippen LogP contribution in [0.25, 0.3) is 0 Å². The first-order chi connectivity index (χ1) is 8.82. The SMILES string of the molecule is CC1(C)OC[C@H](C(=O)CCCCC[C@H](N)C(=O)O)O1. The normalized spacial score (nSPS) is 23.2. The lowest BCUT2D eigenvalue weighted by molar-refractivity contribution is -0.152. The average Bonchev–Trinajstić information content (AvgIpc) is 2.68. The van der Waals surface area contributed by atoms with Crippen molar-refractivity contribution in [3.05, 3.63) is 0 Å². The number of ether oxygens (including phenoxy) is 2. The third kappa shape index (κ3) is 5.67. The molecule has 6 heteroatoms. The van der Waals surface area contributed by atoms with Crippen molar-refractivity contribution in [2.45, 2.75) is 63.9 Å². The highest BCUT2D eigenvalue weighted by atomic mass is 16.7. The Balaban J connectivity index is 2.10. The Morgan fingerprint density at radius 2 is 2.05 bits per heavy atom.